The third-order valence-corrected chi connectivity index (χ3v) is 4.69. The molecule has 4 rings (SSSR count). The summed E-state index contributed by atoms with van der Waals surface area (Å²) in [5.41, 5.74) is 3.96. The number of aryl methyl sites for hydroxylation is 2. The first-order chi connectivity index (χ1) is 15.0. The second kappa shape index (κ2) is 8.35. The minimum absolute atomic E-state index is 0.0388. The molecule has 0 saturated heterocycles. The van der Waals surface area contributed by atoms with E-state index >= 15 is 0 Å². The molecule has 2 aromatic heterocycles. The zero-order chi connectivity index (χ0) is 22.0. The fourth-order valence-electron chi connectivity index (χ4n) is 3.28. The highest BCUT2D eigenvalue weighted by Crippen LogP contribution is 2.26. The molecule has 2 heterocycles. The van der Waals surface area contributed by atoms with Crippen LogP contribution < -0.4 is 5.32 Å². The van der Waals surface area contributed by atoms with Crippen LogP contribution in [0.25, 0.3) is 16.9 Å². The fourth-order valence-corrected chi connectivity index (χ4v) is 3.28. The van der Waals surface area contributed by atoms with Gasteiger partial charge in [0.2, 0.25) is 5.82 Å². The van der Waals surface area contributed by atoms with E-state index in [1.54, 1.807) is 19.1 Å². The molecule has 1 N–H and O–H groups in total. The van der Waals surface area contributed by atoms with Crippen LogP contribution in [0.3, 0.4) is 0 Å². The van der Waals surface area contributed by atoms with Crippen molar-refractivity contribution in [2.45, 2.75) is 20.8 Å². The van der Waals surface area contributed by atoms with Gasteiger partial charge in [0.05, 0.1) is 17.9 Å². The Morgan fingerprint density at radius 1 is 1.00 bits per heavy atom. The number of hydrogen-bond acceptors (Lipinski definition) is 6. The van der Waals surface area contributed by atoms with Crippen molar-refractivity contribution in [3.63, 3.8) is 0 Å². The summed E-state index contributed by atoms with van der Waals surface area (Å²) in [6.45, 7) is 5.66. The number of ether oxygens (including phenoxy) is 1. The van der Waals surface area contributed by atoms with Crippen LogP contribution >= 0.6 is 0 Å². The number of aromatic nitrogens is 4. The van der Waals surface area contributed by atoms with Gasteiger partial charge in [-0.05, 0) is 50.1 Å². The summed E-state index contributed by atoms with van der Waals surface area (Å²) < 4.78 is 6.69. The number of anilines is 1. The molecule has 0 radical (unpaired) electrons. The Morgan fingerprint density at radius 3 is 2.52 bits per heavy atom. The normalized spacial score (nSPS) is 10.8. The van der Waals surface area contributed by atoms with Gasteiger partial charge >= 0.3 is 5.97 Å². The molecule has 0 atom stereocenters. The van der Waals surface area contributed by atoms with Crippen LogP contribution in [0.2, 0.25) is 0 Å². The number of rotatable bonds is 5. The molecule has 0 bridgehead atoms. The molecule has 0 fully saturated rings. The van der Waals surface area contributed by atoms with E-state index in [0.29, 0.717) is 11.5 Å². The Morgan fingerprint density at radius 2 is 1.77 bits per heavy atom. The Labute approximate surface area is 178 Å². The quantitative estimate of drug-likeness (QED) is 0.497. The van der Waals surface area contributed by atoms with Gasteiger partial charge in [0.15, 0.2) is 0 Å². The van der Waals surface area contributed by atoms with Crippen LogP contribution in [-0.2, 0) is 4.74 Å². The summed E-state index contributed by atoms with van der Waals surface area (Å²) in [7, 11) is 0. The summed E-state index contributed by atoms with van der Waals surface area (Å²) in [4.78, 5) is 33.9. The third kappa shape index (κ3) is 4.13. The van der Waals surface area contributed by atoms with Crippen LogP contribution in [0.1, 0.15) is 39.3 Å². The van der Waals surface area contributed by atoms with E-state index in [-0.39, 0.29) is 18.0 Å². The largest absolute Gasteiger partial charge is 0.462 e. The average molecular weight is 415 g/mol. The number of nitrogens with one attached hydrogen (secondary N) is 1. The number of nitrogens with zero attached hydrogens (tertiary/aromatic N) is 4. The summed E-state index contributed by atoms with van der Waals surface area (Å²) in [5, 5.41) is 6.97. The van der Waals surface area contributed by atoms with Gasteiger partial charge in [-0.15, -0.1) is 5.10 Å². The lowest BCUT2D eigenvalue weighted by atomic mass is 10.0. The molecule has 0 aliphatic rings. The first-order valence-electron chi connectivity index (χ1n) is 9.85. The van der Waals surface area contributed by atoms with E-state index in [1.165, 1.54) is 4.52 Å². The van der Waals surface area contributed by atoms with Gasteiger partial charge < -0.3 is 10.1 Å². The average Bonchev–Trinajstić information content (AvgIpc) is 3.19. The lowest BCUT2D eigenvalue weighted by molar-refractivity contribution is 0.0527. The third-order valence-electron chi connectivity index (χ3n) is 4.69. The van der Waals surface area contributed by atoms with Gasteiger partial charge in [0.1, 0.15) is 0 Å². The Bertz CT molecular complexity index is 1280. The lowest BCUT2D eigenvalue weighted by Gasteiger charge is -2.12. The molecule has 0 aliphatic heterocycles. The van der Waals surface area contributed by atoms with Gasteiger partial charge in [0.25, 0.3) is 11.7 Å². The maximum Gasteiger partial charge on any atom is 0.340 e. The molecular formula is C23H21N5O3. The van der Waals surface area contributed by atoms with E-state index in [9.17, 15) is 9.59 Å². The summed E-state index contributed by atoms with van der Waals surface area (Å²) in [5.74, 6) is -0.761. The molecule has 0 saturated carbocycles. The van der Waals surface area contributed by atoms with Crippen molar-refractivity contribution < 1.29 is 14.3 Å². The Kier molecular flexibility index (Phi) is 5.44. The number of esters is 1. The van der Waals surface area contributed by atoms with Crippen molar-refractivity contribution in [2.24, 2.45) is 0 Å². The minimum Gasteiger partial charge on any atom is -0.462 e. The zero-order valence-electron chi connectivity index (χ0n) is 17.4. The lowest BCUT2D eigenvalue weighted by Crippen LogP contribution is -2.17. The Hall–Kier alpha value is -4.07. The topological polar surface area (TPSA) is 98.5 Å². The van der Waals surface area contributed by atoms with Crippen LogP contribution in [0, 0.1) is 13.8 Å². The van der Waals surface area contributed by atoms with E-state index in [4.69, 9.17) is 4.74 Å². The number of hydrogen-bond donors (Lipinski definition) is 1. The monoisotopic (exact) mass is 415 g/mol. The molecule has 0 unspecified atom stereocenters. The Balaban J connectivity index is 1.69. The van der Waals surface area contributed by atoms with Crippen molar-refractivity contribution in [1.29, 1.82) is 0 Å². The highest BCUT2D eigenvalue weighted by atomic mass is 16.5. The summed E-state index contributed by atoms with van der Waals surface area (Å²) in [6, 6.07) is 16.7. The predicted octanol–water partition coefficient (Wildman–Crippen LogP) is 3.84. The molecular weight excluding hydrogens is 394 g/mol. The van der Waals surface area contributed by atoms with Crippen LogP contribution in [0.15, 0.2) is 54.6 Å². The van der Waals surface area contributed by atoms with E-state index in [1.807, 2.05) is 56.3 Å². The van der Waals surface area contributed by atoms with Crippen molar-refractivity contribution >= 4 is 23.3 Å². The molecule has 8 nitrogen and oxygen atoms in total. The molecule has 0 spiro atoms. The second-order valence-corrected chi connectivity index (χ2v) is 6.99. The van der Waals surface area contributed by atoms with Gasteiger partial charge in [-0.25, -0.2) is 14.3 Å². The predicted molar refractivity (Wildman–Crippen MR) is 116 cm³/mol. The van der Waals surface area contributed by atoms with Crippen LogP contribution in [-0.4, -0.2) is 38.1 Å². The number of fused-ring (bicyclic) bond motifs is 1. The first-order valence-corrected chi connectivity index (χ1v) is 9.85. The van der Waals surface area contributed by atoms with E-state index in [0.717, 1.165) is 22.5 Å². The smallest absolute Gasteiger partial charge is 0.340 e. The van der Waals surface area contributed by atoms with Crippen molar-refractivity contribution in [2.75, 3.05) is 11.9 Å². The van der Waals surface area contributed by atoms with Gasteiger partial charge in [0, 0.05) is 11.4 Å². The molecule has 156 valence electrons. The van der Waals surface area contributed by atoms with E-state index < -0.39 is 11.9 Å². The fraction of sp³-hybridized carbons (Fsp3) is 0.174. The summed E-state index contributed by atoms with van der Waals surface area (Å²) in [6.07, 6.45) is 0. The maximum atomic E-state index is 12.8. The first kappa shape index (κ1) is 20.2. The molecule has 1 amide bonds. The molecule has 8 heteroatoms. The van der Waals surface area contributed by atoms with Crippen molar-refractivity contribution in [3.8, 4) is 11.1 Å². The number of carbonyl (C=O) groups excluding carboxylic acids is 2. The minimum atomic E-state index is -0.541. The van der Waals surface area contributed by atoms with Gasteiger partial charge in [-0.1, -0.05) is 36.4 Å². The number of carbonyl (C=O) groups is 2. The maximum absolute atomic E-state index is 12.8. The SMILES string of the molecule is CCOC(=O)c1cc(-c2ccccc2)ccc1NC(=O)c1nc2nc(C)cc(C)n2n1. The molecule has 2 aromatic carbocycles. The number of benzene rings is 2. The highest BCUT2D eigenvalue weighted by Gasteiger charge is 2.20. The highest BCUT2D eigenvalue weighted by molar-refractivity contribution is 6.07. The molecule has 4 aromatic rings. The standard InChI is InChI=1S/C23H21N5O3/c1-4-31-22(30)18-13-17(16-8-6-5-7-9-16)10-11-19(18)25-21(29)20-26-23-24-14(2)12-15(3)28(23)27-20/h5-13H,4H2,1-3H3,(H,25,29). The molecule has 0 aliphatic carbocycles. The zero-order valence-corrected chi connectivity index (χ0v) is 17.4. The van der Waals surface area contributed by atoms with Crippen molar-refractivity contribution in [3.05, 3.63) is 77.4 Å². The van der Waals surface area contributed by atoms with Gasteiger partial charge in [-0.3, -0.25) is 4.79 Å². The summed E-state index contributed by atoms with van der Waals surface area (Å²) >= 11 is 0. The van der Waals surface area contributed by atoms with E-state index in [2.05, 4.69) is 20.4 Å². The van der Waals surface area contributed by atoms with Crippen molar-refractivity contribution in [1.82, 2.24) is 19.6 Å². The second-order valence-electron chi connectivity index (χ2n) is 6.99. The molecule has 31 heavy (non-hydrogen) atoms. The van der Waals surface area contributed by atoms with Crippen LogP contribution in [0.5, 0.6) is 0 Å². The van der Waals surface area contributed by atoms with Crippen LogP contribution in [0.4, 0.5) is 5.69 Å². The number of amides is 1. The van der Waals surface area contributed by atoms with Gasteiger partial charge in [-0.2, -0.15) is 4.98 Å².